The van der Waals surface area contributed by atoms with Gasteiger partial charge in [-0.1, -0.05) is 43.2 Å². The van der Waals surface area contributed by atoms with Gasteiger partial charge in [0.1, 0.15) is 5.69 Å². The Kier molecular flexibility index (Phi) is 7.18. The SMILES string of the molecule is CCc1nc2scc(C#Cc3cnn(C)c3)n2c1-c1ccccc1.CNC(=O)c1nccnc1N. The van der Waals surface area contributed by atoms with Crippen LogP contribution in [-0.4, -0.2) is 42.1 Å². The predicted octanol–water partition coefficient (Wildman–Crippen LogP) is 3.18. The maximum Gasteiger partial charge on any atom is 0.273 e. The molecule has 3 N–H and O–H groups in total. The summed E-state index contributed by atoms with van der Waals surface area (Å²) in [5.74, 6) is 6.29. The Morgan fingerprint density at radius 2 is 1.94 bits per heavy atom. The molecular weight excluding hydrogens is 460 g/mol. The van der Waals surface area contributed by atoms with Crippen LogP contribution < -0.4 is 11.1 Å². The number of amides is 1. The molecule has 0 saturated carbocycles. The van der Waals surface area contributed by atoms with Crippen molar-refractivity contribution in [3.63, 3.8) is 0 Å². The first-order valence-electron chi connectivity index (χ1n) is 10.8. The lowest BCUT2D eigenvalue weighted by Crippen LogP contribution is -2.21. The first kappa shape index (κ1) is 23.7. The van der Waals surface area contributed by atoms with Gasteiger partial charge in [-0.25, -0.2) is 15.0 Å². The van der Waals surface area contributed by atoms with E-state index >= 15 is 0 Å². The van der Waals surface area contributed by atoms with E-state index in [0.717, 1.165) is 34.0 Å². The molecule has 5 rings (SSSR count). The van der Waals surface area contributed by atoms with E-state index in [2.05, 4.69) is 73.2 Å². The van der Waals surface area contributed by atoms with E-state index in [1.165, 1.54) is 25.0 Å². The van der Waals surface area contributed by atoms with Gasteiger partial charge in [-0.2, -0.15) is 5.10 Å². The summed E-state index contributed by atoms with van der Waals surface area (Å²) < 4.78 is 3.93. The van der Waals surface area contributed by atoms with Crippen LogP contribution in [-0.2, 0) is 13.5 Å². The molecule has 35 heavy (non-hydrogen) atoms. The number of aromatic nitrogens is 6. The molecule has 4 heterocycles. The van der Waals surface area contributed by atoms with E-state index < -0.39 is 0 Å². The van der Waals surface area contributed by atoms with Crippen LogP contribution in [0.1, 0.15) is 34.4 Å². The molecule has 0 aliphatic carbocycles. The molecule has 5 aromatic rings. The van der Waals surface area contributed by atoms with Crippen LogP contribution in [0.2, 0.25) is 0 Å². The van der Waals surface area contributed by atoms with Crippen molar-refractivity contribution in [2.24, 2.45) is 7.05 Å². The number of imidazole rings is 1. The molecular formula is C25H24N8OS. The normalized spacial score (nSPS) is 10.3. The van der Waals surface area contributed by atoms with Gasteiger partial charge in [-0.3, -0.25) is 13.9 Å². The van der Waals surface area contributed by atoms with Gasteiger partial charge in [0.2, 0.25) is 0 Å². The third-order valence-electron chi connectivity index (χ3n) is 5.03. The average molecular weight is 485 g/mol. The zero-order valence-electron chi connectivity index (χ0n) is 19.6. The monoisotopic (exact) mass is 484 g/mol. The largest absolute Gasteiger partial charge is 0.382 e. The first-order chi connectivity index (χ1) is 17.0. The van der Waals surface area contributed by atoms with Crippen LogP contribution in [0.5, 0.6) is 0 Å². The molecule has 9 nitrogen and oxygen atoms in total. The highest BCUT2D eigenvalue weighted by molar-refractivity contribution is 7.15. The Labute approximate surface area is 206 Å². The highest BCUT2D eigenvalue weighted by atomic mass is 32.1. The second kappa shape index (κ2) is 10.6. The number of carbonyl (C=O) groups is 1. The Balaban J connectivity index is 0.000000221. The molecule has 0 bridgehead atoms. The number of aryl methyl sites for hydroxylation is 2. The van der Waals surface area contributed by atoms with Crippen LogP contribution in [0, 0.1) is 11.8 Å². The lowest BCUT2D eigenvalue weighted by molar-refractivity contribution is 0.0959. The molecule has 176 valence electrons. The maximum absolute atomic E-state index is 10.9. The van der Waals surface area contributed by atoms with Gasteiger partial charge in [0.15, 0.2) is 16.5 Å². The third-order valence-corrected chi connectivity index (χ3v) is 5.85. The molecule has 10 heteroatoms. The van der Waals surface area contributed by atoms with Crippen molar-refractivity contribution >= 4 is 28.0 Å². The van der Waals surface area contributed by atoms with Crippen molar-refractivity contribution in [1.82, 2.24) is 34.4 Å². The second-order valence-corrected chi connectivity index (χ2v) is 8.22. The Morgan fingerprint density at radius 3 is 2.60 bits per heavy atom. The molecule has 1 amide bonds. The number of rotatable bonds is 3. The molecule has 0 radical (unpaired) electrons. The Hall–Kier alpha value is -4.49. The van der Waals surface area contributed by atoms with Gasteiger partial charge in [-0.15, -0.1) is 11.3 Å². The summed E-state index contributed by atoms with van der Waals surface area (Å²) in [6, 6.07) is 10.4. The predicted molar refractivity (Wildman–Crippen MR) is 137 cm³/mol. The second-order valence-electron chi connectivity index (χ2n) is 7.39. The van der Waals surface area contributed by atoms with E-state index in [0.29, 0.717) is 0 Å². The topological polar surface area (TPSA) is 116 Å². The van der Waals surface area contributed by atoms with E-state index in [1.54, 1.807) is 22.2 Å². The van der Waals surface area contributed by atoms with Gasteiger partial charge in [-0.05, 0) is 12.3 Å². The van der Waals surface area contributed by atoms with Crippen LogP contribution >= 0.6 is 11.3 Å². The van der Waals surface area contributed by atoms with Crippen LogP contribution in [0.4, 0.5) is 5.82 Å². The summed E-state index contributed by atoms with van der Waals surface area (Å²) in [6.45, 7) is 2.14. The number of hydrogen-bond donors (Lipinski definition) is 2. The smallest absolute Gasteiger partial charge is 0.273 e. The molecule has 0 saturated heterocycles. The lowest BCUT2D eigenvalue weighted by atomic mass is 10.1. The minimum Gasteiger partial charge on any atom is -0.382 e. The van der Waals surface area contributed by atoms with Crippen molar-refractivity contribution in [1.29, 1.82) is 0 Å². The Morgan fingerprint density at radius 1 is 1.17 bits per heavy atom. The van der Waals surface area contributed by atoms with E-state index in [4.69, 9.17) is 10.7 Å². The Bertz CT molecular complexity index is 1520. The zero-order valence-corrected chi connectivity index (χ0v) is 20.4. The number of nitrogens with two attached hydrogens (primary N) is 1. The highest BCUT2D eigenvalue weighted by Crippen LogP contribution is 2.29. The van der Waals surface area contributed by atoms with Gasteiger partial charge in [0.25, 0.3) is 5.91 Å². The van der Waals surface area contributed by atoms with Gasteiger partial charge < -0.3 is 11.1 Å². The number of hydrogen-bond acceptors (Lipinski definition) is 7. The zero-order chi connectivity index (χ0) is 24.8. The van der Waals surface area contributed by atoms with E-state index in [1.807, 2.05) is 19.3 Å². The number of nitrogens with zero attached hydrogens (tertiary/aromatic N) is 6. The third kappa shape index (κ3) is 5.20. The highest BCUT2D eigenvalue weighted by Gasteiger charge is 2.16. The van der Waals surface area contributed by atoms with Crippen LogP contribution in [0.15, 0.2) is 60.5 Å². The number of nitrogens with one attached hydrogen (secondary N) is 1. The van der Waals surface area contributed by atoms with Crippen LogP contribution in [0.25, 0.3) is 16.2 Å². The van der Waals surface area contributed by atoms with Gasteiger partial charge in [0, 0.05) is 43.6 Å². The van der Waals surface area contributed by atoms with Crippen molar-refractivity contribution in [2.75, 3.05) is 12.8 Å². The molecule has 0 aliphatic heterocycles. The summed E-state index contributed by atoms with van der Waals surface area (Å²) in [7, 11) is 3.40. The summed E-state index contributed by atoms with van der Waals surface area (Å²) in [5, 5.41) is 8.63. The number of thiazole rings is 1. The number of anilines is 1. The number of carbonyl (C=O) groups excluding carboxylic acids is 1. The first-order valence-corrected chi connectivity index (χ1v) is 11.7. The standard InChI is InChI=1S/C19H16N4S.C6H8N4O/c1-3-17-18(15-7-5-4-6-8-15)23-16(13-24-19(23)21-17)10-9-14-11-20-22(2)12-14;1-8-6(11)4-5(7)10-3-2-9-4/h4-8,11-13H,3H2,1-2H3;2-3H,1H3,(H2,7,10)(H,8,11). The summed E-state index contributed by atoms with van der Waals surface area (Å²) in [6.07, 6.45) is 7.44. The molecule has 1 aromatic carbocycles. The van der Waals surface area contributed by atoms with Crippen molar-refractivity contribution in [3.8, 4) is 23.1 Å². The van der Waals surface area contributed by atoms with Gasteiger partial charge >= 0.3 is 0 Å². The molecule has 0 fully saturated rings. The molecule has 4 aromatic heterocycles. The molecule has 0 aliphatic rings. The fraction of sp³-hybridized carbons (Fsp3) is 0.160. The number of fused-ring (bicyclic) bond motifs is 1. The van der Waals surface area contributed by atoms with Crippen molar-refractivity contribution in [2.45, 2.75) is 13.3 Å². The molecule has 0 spiro atoms. The minimum absolute atomic E-state index is 0.145. The number of nitrogen functional groups attached to an aromatic ring is 1. The maximum atomic E-state index is 10.9. The molecule has 0 unspecified atom stereocenters. The van der Waals surface area contributed by atoms with E-state index in [9.17, 15) is 4.79 Å². The molecule has 0 atom stereocenters. The minimum atomic E-state index is -0.324. The quantitative estimate of drug-likeness (QED) is 0.380. The average Bonchev–Trinajstić information content (AvgIpc) is 3.58. The van der Waals surface area contributed by atoms with Crippen LogP contribution in [0.3, 0.4) is 0 Å². The fourth-order valence-electron chi connectivity index (χ4n) is 3.39. The van der Waals surface area contributed by atoms with Crippen molar-refractivity contribution in [3.05, 3.63) is 83.1 Å². The fourth-order valence-corrected chi connectivity index (χ4v) is 4.23. The van der Waals surface area contributed by atoms with E-state index in [-0.39, 0.29) is 17.4 Å². The van der Waals surface area contributed by atoms with Crippen molar-refractivity contribution < 1.29 is 4.79 Å². The van der Waals surface area contributed by atoms with Gasteiger partial charge in [0.05, 0.1) is 23.1 Å². The summed E-state index contributed by atoms with van der Waals surface area (Å²) in [4.78, 5) is 24.2. The number of benzene rings is 1. The summed E-state index contributed by atoms with van der Waals surface area (Å²) in [5.41, 5.74) is 10.8. The summed E-state index contributed by atoms with van der Waals surface area (Å²) >= 11 is 1.63. The lowest BCUT2D eigenvalue weighted by Gasteiger charge is -2.03.